The van der Waals surface area contributed by atoms with Gasteiger partial charge in [-0.1, -0.05) is 11.6 Å². The van der Waals surface area contributed by atoms with Crippen LogP contribution in [-0.4, -0.2) is 28.7 Å². The largest absolute Gasteiger partial charge is 0.322 e. The van der Waals surface area contributed by atoms with Crippen LogP contribution in [0.5, 0.6) is 0 Å². The van der Waals surface area contributed by atoms with Gasteiger partial charge in [0.05, 0.1) is 5.02 Å². The fourth-order valence-electron chi connectivity index (χ4n) is 2.56. The van der Waals surface area contributed by atoms with Crippen LogP contribution in [0.2, 0.25) is 5.02 Å². The van der Waals surface area contributed by atoms with Gasteiger partial charge in [0.2, 0.25) is 11.8 Å². The highest BCUT2D eigenvalue weighted by atomic mass is 79.9. The number of imide groups is 1. The molecule has 3 rings (SSSR count). The van der Waals surface area contributed by atoms with Gasteiger partial charge in [0.15, 0.2) is 0 Å². The van der Waals surface area contributed by atoms with Gasteiger partial charge < -0.3 is 4.90 Å². The molecule has 0 spiro atoms. The van der Waals surface area contributed by atoms with Gasteiger partial charge in [-0.25, -0.2) is 0 Å². The second-order valence-electron chi connectivity index (χ2n) is 4.82. The van der Waals surface area contributed by atoms with Crippen LogP contribution in [0.25, 0.3) is 0 Å². The molecule has 0 aromatic heterocycles. The Balaban J connectivity index is 1.90. The lowest BCUT2D eigenvalue weighted by Crippen LogP contribution is -2.52. The number of piperidine rings is 1. The maximum absolute atomic E-state index is 12.4. The first-order valence-corrected chi connectivity index (χ1v) is 7.27. The summed E-state index contributed by atoms with van der Waals surface area (Å²) >= 11 is 9.32. The van der Waals surface area contributed by atoms with E-state index in [4.69, 9.17) is 11.6 Å². The van der Waals surface area contributed by atoms with Gasteiger partial charge in [0.1, 0.15) is 6.04 Å². The van der Waals surface area contributed by atoms with Crippen molar-refractivity contribution in [1.29, 1.82) is 0 Å². The maximum Gasteiger partial charge on any atom is 0.255 e. The number of nitrogens with zero attached hydrogens (tertiary/aromatic N) is 1. The van der Waals surface area contributed by atoms with E-state index in [0.29, 0.717) is 23.6 Å². The van der Waals surface area contributed by atoms with Crippen molar-refractivity contribution in [2.24, 2.45) is 0 Å². The summed E-state index contributed by atoms with van der Waals surface area (Å²) in [7, 11) is 0. The van der Waals surface area contributed by atoms with E-state index in [9.17, 15) is 14.4 Å². The average Bonchev–Trinajstić information content (AvgIpc) is 2.68. The van der Waals surface area contributed by atoms with Crippen molar-refractivity contribution in [3.63, 3.8) is 0 Å². The van der Waals surface area contributed by atoms with Crippen molar-refractivity contribution in [2.75, 3.05) is 0 Å². The molecule has 0 bridgehead atoms. The molecule has 1 fully saturated rings. The second-order valence-corrected chi connectivity index (χ2v) is 6.08. The Morgan fingerprint density at radius 3 is 2.75 bits per heavy atom. The van der Waals surface area contributed by atoms with E-state index in [-0.39, 0.29) is 18.2 Å². The highest BCUT2D eigenvalue weighted by molar-refractivity contribution is 9.10. The molecule has 3 amide bonds. The van der Waals surface area contributed by atoms with Gasteiger partial charge in [-0.3, -0.25) is 19.7 Å². The Bertz CT molecular complexity index is 647. The molecule has 2 heterocycles. The van der Waals surface area contributed by atoms with Crippen molar-refractivity contribution in [1.82, 2.24) is 10.2 Å². The molecule has 5 nitrogen and oxygen atoms in total. The van der Waals surface area contributed by atoms with Crippen LogP contribution in [-0.2, 0) is 16.1 Å². The molecule has 1 N–H and O–H groups in total. The Labute approximate surface area is 128 Å². The standard InChI is InChI=1S/C13H10BrClN2O3/c14-8-3-6-5-17(13(20)7(6)4-9(8)15)10-1-2-11(18)16-12(10)19/h3-4,10H,1-2,5H2,(H,16,18,19). The fraction of sp³-hybridized carbons (Fsp3) is 0.308. The monoisotopic (exact) mass is 356 g/mol. The molecule has 1 aromatic rings. The highest BCUT2D eigenvalue weighted by Gasteiger charge is 2.39. The number of halogens is 2. The van der Waals surface area contributed by atoms with E-state index in [0.717, 1.165) is 10.0 Å². The van der Waals surface area contributed by atoms with E-state index in [1.54, 1.807) is 12.1 Å². The molecular weight excluding hydrogens is 348 g/mol. The van der Waals surface area contributed by atoms with Crippen molar-refractivity contribution in [3.05, 3.63) is 32.8 Å². The lowest BCUT2D eigenvalue weighted by molar-refractivity contribution is -0.136. The first-order valence-electron chi connectivity index (χ1n) is 6.10. The quantitative estimate of drug-likeness (QED) is 0.780. The van der Waals surface area contributed by atoms with E-state index < -0.39 is 11.9 Å². The SMILES string of the molecule is O=C1CCC(N2Cc3cc(Br)c(Cl)cc3C2=O)C(=O)N1. The zero-order valence-corrected chi connectivity index (χ0v) is 12.6. The maximum atomic E-state index is 12.4. The van der Waals surface area contributed by atoms with Gasteiger partial charge in [-0.05, 0) is 40.0 Å². The second kappa shape index (κ2) is 4.86. The molecule has 1 aromatic carbocycles. The summed E-state index contributed by atoms with van der Waals surface area (Å²) in [5.74, 6) is -0.919. The zero-order valence-electron chi connectivity index (χ0n) is 10.3. The third kappa shape index (κ3) is 2.13. The van der Waals surface area contributed by atoms with Crippen LogP contribution >= 0.6 is 27.5 Å². The summed E-state index contributed by atoms with van der Waals surface area (Å²) in [6.07, 6.45) is 0.611. The summed E-state index contributed by atoms with van der Waals surface area (Å²) < 4.78 is 0.718. The van der Waals surface area contributed by atoms with Crippen LogP contribution in [0.3, 0.4) is 0 Å². The molecule has 1 unspecified atom stereocenters. The summed E-state index contributed by atoms with van der Waals surface area (Å²) in [5.41, 5.74) is 1.35. The van der Waals surface area contributed by atoms with Crippen LogP contribution in [0.1, 0.15) is 28.8 Å². The third-order valence-corrected chi connectivity index (χ3v) is 4.76. The molecule has 7 heteroatoms. The third-order valence-electron chi connectivity index (χ3n) is 3.56. The molecule has 2 aliphatic heterocycles. The number of carbonyl (C=O) groups is 3. The van der Waals surface area contributed by atoms with E-state index in [1.807, 2.05) is 0 Å². The smallest absolute Gasteiger partial charge is 0.255 e. The molecule has 0 aliphatic carbocycles. The predicted octanol–water partition coefficient (Wildman–Crippen LogP) is 1.86. The fourth-order valence-corrected chi connectivity index (χ4v) is 3.11. The minimum absolute atomic E-state index is 0.219. The number of fused-ring (bicyclic) bond motifs is 1. The van der Waals surface area contributed by atoms with Crippen molar-refractivity contribution >= 4 is 45.3 Å². The van der Waals surface area contributed by atoms with Crippen LogP contribution < -0.4 is 5.32 Å². The lowest BCUT2D eigenvalue weighted by atomic mass is 10.0. The lowest BCUT2D eigenvalue weighted by Gasteiger charge is -2.29. The van der Waals surface area contributed by atoms with Gasteiger partial charge in [-0.2, -0.15) is 0 Å². The number of benzene rings is 1. The minimum atomic E-state index is -0.592. The molecule has 0 saturated carbocycles. The summed E-state index contributed by atoms with van der Waals surface area (Å²) in [4.78, 5) is 36.9. The van der Waals surface area contributed by atoms with Crippen LogP contribution in [0, 0.1) is 0 Å². The molecule has 1 atom stereocenters. The van der Waals surface area contributed by atoms with Crippen molar-refractivity contribution in [2.45, 2.75) is 25.4 Å². The number of nitrogens with one attached hydrogen (secondary N) is 1. The predicted molar refractivity (Wildman–Crippen MR) is 75.2 cm³/mol. The molecule has 2 aliphatic rings. The number of hydrogen-bond donors (Lipinski definition) is 1. The number of hydrogen-bond acceptors (Lipinski definition) is 3. The molecule has 1 saturated heterocycles. The van der Waals surface area contributed by atoms with Crippen molar-refractivity contribution < 1.29 is 14.4 Å². The minimum Gasteiger partial charge on any atom is -0.322 e. The van der Waals surface area contributed by atoms with Gasteiger partial charge in [0.25, 0.3) is 5.91 Å². The topological polar surface area (TPSA) is 66.5 Å². The normalized spacial score (nSPS) is 22.0. The number of rotatable bonds is 1. The first kappa shape index (κ1) is 13.6. The molecule has 0 radical (unpaired) electrons. The van der Waals surface area contributed by atoms with Crippen LogP contribution in [0.4, 0.5) is 0 Å². The summed E-state index contributed by atoms with van der Waals surface area (Å²) in [6, 6.07) is 2.81. The molecular formula is C13H10BrClN2O3. The van der Waals surface area contributed by atoms with Crippen LogP contribution in [0.15, 0.2) is 16.6 Å². The van der Waals surface area contributed by atoms with Crippen molar-refractivity contribution in [3.8, 4) is 0 Å². The Morgan fingerprint density at radius 2 is 2.05 bits per heavy atom. The summed E-state index contributed by atoms with van der Waals surface area (Å²) in [5, 5.41) is 2.73. The highest BCUT2D eigenvalue weighted by Crippen LogP contribution is 2.33. The Morgan fingerprint density at radius 1 is 1.30 bits per heavy atom. The Kier molecular flexibility index (Phi) is 3.30. The average molecular weight is 358 g/mol. The summed E-state index contributed by atoms with van der Waals surface area (Å²) in [6.45, 7) is 0.357. The van der Waals surface area contributed by atoms with E-state index in [2.05, 4.69) is 21.2 Å². The molecule has 104 valence electrons. The zero-order chi connectivity index (χ0) is 14.4. The van der Waals surface area contributed by atoms with Gasteiger partial charge >= 0.3 is 0 Å². The van der Waals surface area contributed by atoms with Gasteiger partial charge in [-0.15, -0.1) is 0 Å². The number of carbonyl (C=O) groups excluding carboxylic acids is 3. The number of amides is 3. The molecule has 20 heavy (non-hydrogen) atoms. The van der Waals surface area contributed by atoms with E-state index >= 15 is 0 Å². The van der Waals surface area contributed by atoms with Gasteiger partial charge in [0, 0.05) is 23.0 Å². The first-order chi connectivity index (χ1) is 9.47. The Hall–Kier alpha value is -1.40. The van der Waals surface area contributed by atoms with E-state index in [1.165, 1.54) is 4.90 Å².